The zero-order valence-electron chi connectivity index (χ0n) is 9.16. The van der Waals surface area contributed by atoms with Crippen molar-refractivity contribution in [3.8, 4) is 0 Å². The van der Waals surface area contributed by atoms with Crippen LogP contribution in [0, 0.1) is 12.8 Å². The molecule has 0 radical (unpaired) electrons. The van der Waals surface area contributed by atoms with Gasteiger partial charge in [-0.1, -0.05) is 6.92 Å². The van der Waals surface area contributed by atoms with E-state index in [1.54, 1.807) is 0 Å². The second kappa shape index (κ2) is 5.47. The summed E-state index contributed by atoms with van der Waals surface area (Å²) in [6.45, 7) is 6.12. The highest BCUT2D eigenvalue weighted by atomic mass is 32.1. The summed E-state index contributed by atoms with van der Waals surface area (Å²) < 4.78 is 5.51. The summed E-state index contributed by atoms with van der Waals surface area (Å²) in [5, 5.41) is 0. The number of thiol groups is 1. The highest BCUT2D eigenvalue weighted by Gasteiger charge is 2.07. The van der Waals surface area contributed by atoms with Crippen molar-refractivity contribution in [1.82, 2.24) is 4.90 Å². The molecule has 0 aliphatic rings. The van der Waals surface area contributed by atoms with Crippen molar-refractivity contribution in [3.05, 3.63) is 23.7 Å². The van der Waals surface area contributed by atoms with E-state index in [9.17, 15) is 0 Å². The summed E-state index contributed by atoms with van der Waals surface area (Å²) in [5.41, 5.74) is 0. The standard InChI is InChI=1S/C11H19NOS/c1-9(8-14)6-12(3)7-11-5-4-10(2)13-11/h4-5,9,14H,6-8H2,1-3H3. The van der Waals surface area contributed by atoms with Crippen molar-refractivity contribution in [2.24, 2.45) is 5.92 Å². The first-order valence-corrected chi connectivity index (χ1v) is 5.59. The Hall–Kier alpha value is -0.410. The number of aryl methyl sites for hydroxylation is 1. The normalized spacial score (nSPS) is 13.5. The SMILES string of the molecule is Cc1ccc(CN(C)CC(C)CS)o1. The van der Waals surface area contributed by atoms with Crippen LogP contribution in [-0.4, -0.2) is 24.2 Å². The minimum absolute atomic E-state index is 0.624. The highest BCUT2D eigenvalue weighted by Crippen LogP contribution is 2.10. The highest BCUT2D eigenvalue weighted by molar-refractivity contribution is 7.80. The Labute approximate surface area is 91.7 Å². The lowest BCUT2D eigenvalue weighted by Gasteiger charge is -2.18. The average Bonchev–Trinajstić information content (AvgIpc) is 2.50. The maximum atomic E-state index is 5.51. The predicted octanol–water partition coefficient (Wildman–Crippen LogP) is 2.59. The maximum Gasteiger partial charge on any atom is 0.118 e. The summed E-state index contributed by atoms with van der Waals surface area (Å²) in [4.78, 5) is 2.26. The van der Waals surface area contributed by atoms with Gasteiger partial charge < -0.3 is 4.42 Å². The van der Waals surface area contributed by atoms with E-state index in [2.05, 4.69) is 31.5 Å². The average molecular weight is 213 g/mol. The van der Waals surface area contributed by atoms with Crippen LogP contribution < -0.4 is 0 Å². The Bertz CT molecular complexity index is 272. The van der Waals surface area contributed by atoms with Crippen molar-refractivity contribution in [3.63, 3.8) is 0 Å². The Kier molecular flexibility index (Phi) is 4.55. The molecule has 1 aromatic heterocycles. The smallest absolute Gasteiger partial charge is 0.118 e. The predicted molar refractivity (Wildman–Crippen MR) is 62.8 cm³/mol. The molecule has 0 spiro atoms. The second-order valence-corrected chi connectivity index (χ2v) is 4.36. The summed E-state index contributed by atoms with van der Waals surface area (Å²) in [6.07, 6.45) is 0. The monoisotopic (exact) mass is 213 g/mol. The van der Waals surface area contributed by atoms with Crippen LogP contribution in [0.1, 0.15) is 18.4 Å². The lowest BCUT2D eigenvalue weighted by atomic mass is 10.2. The molecule has 1 heterocycles. The molecule has 0 aromatic carbocycles. The molecule has 1 rings (SSSR count). The van der Waals surface area contributed by atoms with Crippen molar-refractivity contribution in [2.75, 3.05) is 19.3 Å². The molecular weight excluding hydrogens is 194 g/mol. The number of rotatable bonds is 5. The molecule has 3 heteroatoms. The van der Waals surface area contributed by atoms with Gasteiger partial charge in [-0.2, -0.15) is 12.6 Å². The second-order valence-electron chi connectivity index (χ2n) is 4.00. The summed E-state index contributed by atoms with van der Waals surface area (Å²) in [6, 6.07) is 4.04. The molecule has 0 bridgehead atoms. The Morgan fingerprint density at radius 3 is 2.71 bits per heavy atom. The van der Waals surface area contributed by atoms with Gasteiger partial charge in [-0.15, -0.1) is 0 Å². The van der Waals surface area contributed by atoms with E-state index >= 15 is 0 Å². The van der Waals surface area contributed by atoms with Gasteiger partial charge in [0.05, 0.1) is 6.54 Å². The van der Waals surface area contributed by atoms with Gasteiger partial charge >= 0.3 is 0 Å². The van der Waals surface area contributed by atoms with E-state index in [-0.39, 0.29) is 0 Å². The van der Waals surface area contributed by atoms with Crippen molar-refractivity contribution in [1.29, 1.82) is 0 Å². The Balaban J connectivity index is 2.37. The van der Waals surface area contributed by atoms with Crippen LogP contribution in [-0.2, 0) is 6.54 Å². The van der Waals surface area contributed by atoms with Crippen LogP contribution in [0.4, 0.5) is 0 Å². The molecule has 1 aromatic rings. The molecular formula is C11H19NOS. The zero-order valence-corrected chi connectivity index (χ0v) is 10.1. The molecule has 14 heavy (non-hydrogen) atoms. The quantitative estimate of drug-likeness (QED) is 0.757. The van der Waals surface area contributed by atoms with Crippen LogP contribution in [0.15, 0.2) is 16.5 Å². The number of furan rings is 1. The molecule has 0 saturated heterocycles. The van der Waals surface area contributed by atoms with Crippen LogP contribution in [0.3, 0.4) is 0 Å². The molecule has 2 nitrogen and oxygen atoms in total. The zero-order chi connectivity index (χ0) is 10.6. The Morgan fingerprint density at radius 1 is 1.50 bits per heavy atom. The first-order valence-electron chi connectivity index (χ1n) is 4.96. The van der Waals surface area contributed by atoms with Crippen molar-refractivity contribution < 1.29 is 4.42 Å². The fourth-order valence-electron chi connectivity index (χ4n) is 1.49. The van der Waals surface area contributed by atoms with E-state index < -0.39 is 0 Å². The maximum absolute atomic E-state index is 5.51. The molecule has 0 saturated carbocycles. The van der Waals surface area contributed by atoms with Gasteiger partial charge in [0.25, 0.3) is 0 Å². The minimum atomic E-state index is 0.624. The largest absolute Gasteiger partial charge is 0.465 e. The van der Waals surface area contributed by atoms with Crippen molar-refractivity contribution >= 4 is 12.6 Å². The molecule has 1 unspecified atom stereocenters. The van der Waals surface area contributed by atoms with Gasteiger partial charge in [-0.3, -0.25) is 4.90 Å². The first-order chi connectivity index (χ1) is 6.61. The number of nitrogens with zero attached hydrogens (tertiary/aromatic N) is 1. The summed E-state index contributed by atoms with van der Waals surface area (Å²) >= 11 is 4.27. The fourth-order valence-corrected chi connectivity index (χ4v) is 1.61. The lowest BCUT2D eigenvalue weighted by Crippen LogP contribution is -2.24. The molecule has 0 aliphatic heterocycles. The molecule has 1 atom stereocenters. The molecule has 0 N–H and O–H groups in total. The number of hydrogen-bond donors (Lipinski definition) is 1. The van der Waals surface area contributed by atoms with E-state index in [4.69, 9.17) is 4.42 Å². The number of hydrogen-bond acceptors (Lipinski definition) is 3. The molecule has 80 valence electrons. The van der Waals surface area contributed by atoms with E-state index in [1.165, 1.54) is 0 Å². The third kappa shape index (κ3) is 3.76. The fraction of sp³-hybridized carbons (Fsp3) is 0.636. The Morgan fingerprint density at radius 2 is 2.21 bits per heavy atom. The van der Waals surface area contributed by atoms with Crippen molar-refractivity contribution in [2.45, 2.75) is 20.4 Å². The van der Waals surface area contributed by atoms with Gasteiger partial charge in [-0.05, 0) is 37.8 Å². The topological polar surface area (TPSA) is 16.4 Å². The van der Waals surface area contributed by atoms with Crippen LogP contribution in [0.2, 0.25) is 0 Å². The van der Waals surface area contributed by atoms with Gasteiger partial charge in [0.2, 0.25) is 0 Å². The minimum Gasteiger partial charge on any atom is -0.465 e. The summed E-state index contributed by atoms with van der Waals surface area (Å²) in [5.74, 6) is 3.58. The van der Waals surface area contributed by atoms with Crippen LogP contribution in [0.5, 0.6) is 0 Å². The lowest BCUT2D eigenvalue weighted by molar-refractivity contribution is 0.265. The third-order valence-corrected chi connectivity index (χ3v) is 2.78. The van der Waals surface area contributed by atoms with E-state index in [0.717, 1.165) is 30.4 Å². The van der Waals surface area contributed by atoms with Crippen LogP contribution >= 0.6 is 12.6 Å². The summed E-state index contributed by atoms with van der Waals surface area (Å²) in [7, 11) is 2.11. The van der Waals surface area contributed by atoms with Gasteiger partial charge in [0.1, 0.15) is 11.5 Å². The van der Waals surface area contributed by atoms with E-state index in [0.29, 0.717) is 5.92 Å². The van der Waals surface area contributed by atoms with E-state index in [1.807, 2.05) is 19.1 Å². The third-order valence-electron chi connectivity index (χ3n) is 2.16. The van der Waals surface area contributed by atoms with Gasteiger partial charge in [0, 0.05) is 6.54 Å². The van der Waals surface area contributed by atoms with Gasteiger partial charge in [-0.25, -0.2) is 0 Å². The molecule has 0 fully saturated rings. The van der Waals surface area contributed by atoms with Gasteiger partial charge in [0.15, 0.2) is 0 Å². The molecule has 0 aliphatic carbocycles. The van der Waals surface area contributed by atoms with Crippen LogP contribution in [0.25, 0.3) is 0 Å². The molecule has 0 amide bonds. The first kappa shape index (κ1) is 11.7.